The Morgan fingerprint density at radius 2 is 1.68 bits per heavy atom. The monoisotopic (exact) mass is 438 g/mol. The van der Waals surface area contributed by atoms with Gasteiger partial charge in [0, 0.05) is 0 Å². The van der Waals surface area contributed by atoms with Crippen LogP contribution in [0.3, 0.4) is 0 Å². The van der Waals surface area contributed by atoms with E-state index < -0.39 is 0 Å². The fourth-order valence-electron chi connectivity index (χ4n) is 9.75. The average molecular weight is 439 g/mol. The smallest absolute Gasteiger partial charge is 0.0920 e. The van der Waals surface area contributed by atoms with Gasteiger partial charge in [0.05, 0.1) is 25.0 Å². The molecule has 180 valence electrons. The molecule has 3 N–H and O–H groups in total. The van der Waals surface area contributed by atoms with Gasteiger partial charge in [-0.05, 0) is 103 Å². The fourth-order valence-corrected chi connectivity index (χ4v) is 9.75. The predicted molar refractivity (Wildman–Crippen MR) is 122 cm³/mol. The molecule has 0 aliphatic heterocycles. The Bertz CT molecular complexity index is 642. The Hall–Kier alpha value is -0.190. The molecule has 0 aromatic heterocycles. The van der Waals surface area contributed by atoms with Gasteiger partial charge in [-0.15, -0.1) is 0 Å². The van der Waals surface area contributed by atoms with Crippen LogP contribution < -0.4 is 0 Å². The van der Waals surface area contributed by atoms with E-state index in [1.165, 1.54) is 0 Å². The maximum absolute atomic E-state index is 13.2. The van der Waals surface area contributed by atoms with E-state index >= 15 is 0 Å². The van der Waals surface area contributed by atoms with Crippen molar-refractivity contribution < 1.29 is 19.7 Å². The van der Waals surface area contributed by atoms with Crippen molar-refractivity contribution in [1.82, 2.24) is 0 Å². The first-order valence-electron chi connectivity index (χ1n) is 13.2. The highest BCUT2D eigenvalue weighted by molar-refractivity contribution is 5.15. The third-order valence-corrected chi connectivity index (χ3v) is 11.3. The summed E-state index contributed by atoms with van der Waals surface area (Å²) in [5.74, 6) is 2.35. The minimum absolute atomic E-state index is 0.0733. The molecule has 4 unspecified atom stereocenters. The van der Waals surface area contributed by atoms with E-state index in [0.717, 1.165) is 51.4 Å². The number of fused-ring (bicyclic) bond motifs is 5. The first-order valence-corrected chi connectivity index (χ1v) is 13.2. The molecule has 0 heterocycles. The molecule has 0 aromatic carbocycles. The van der Waals surface area contributed by atoms with E-state index in [0.29, 0.717) is 29.6 Å². The largest absolute Gasteiger partial charge is 0.393 e. The van der Waals surface area contributed by atoms with Gasteiger partial charge in [0.1, 0.15) is 0 Å². The van der Waals surface area contributed by atoms with Gasteiger partial charge < -0.3 is 15.3 Å². The molecule has 0 radical (unpaired) electrons. The summed E-state index contributed by atoms with van der Waals surface area (Å²) in [4.78, 5) is 0. The molecule has 0 amide bonds. The minimum atomic E-state index is -0.357. The number of aliphatic hydroxyl groups excluding tert-OH is 3. The molecule has 0 bridgehead atoms. The van der Waals surface area contributed by atoms with Crippen molar-refractivity contribution >= 4 is 0 Å². The standard InChI is InChI=1S/C27H47FO3/c1-6-18-21-12-17(29)9-10-26(21,4)22-13-23(30)27(5)19(16(3)11-15(2)14-28)7-8-20(27)24(22)25(18)31/h15-25,29-31H,6-14H2,1-5H3/t15-,16+,17+,18+,19+,20?,21-,22?,23-,24?,25?,26-,27+/m0/s1. The molecule has 4 rings (SSSR count). The molecule has 0 saturated heterocycles. The zero-order valence-corrected chi connectivity index (χ0v) is 20.4. The van der Waals surface area contributed by atoms with Crippen LogP contribution in [0.4, 0.5) is 4.39 Å². The molecular weight excluding hydrogens is 391 g/mol. The molecule has 4 aliphatic carbocycles. The molecular formula is C27H47FO3. The summed E-state index contributed by atoms with van der Waals surface area (Å²) in [5.41, 5.74) is -0.0914. The van der Waals surface area contributed by atoms with Gasteiger partial charge in [-0.3, -0.25) is 4.39 Å². The molecule has 13 atom stereocenters. The third-order valence-electron chi connectivity index (χ3n) is 11.3. The summed E-state index contributed by atoms with van der Waals surface area (Å²) in [6, 6.07) is 0. The van der Waals surface area contributed by atoms with Gasteiger partial charge in [0.25, 0.3) is 0 Å². The van der Waals surface area contributed by atoms with Crippen LogP contribution in [0.5, 0.6) is 0 Å². The number of hydrogen-bond acceptors (Lipinski definition) is 3. The Kier molecular flexibility index (Phi) is 6.60. The molecule has 0 spiro atoms. The van der Waals surface area contributed by atoms with E-state index in [-0.39, 0.29) is 53.6 Å². The zero-order valence-electron chi connectivity index (χ0n) is 20.4. The highest BCUT2D eigenvalue weighted by Crippen LogP contribution is 2.69. The minimum Gasteiger partial charge on any atom is -0.393 e. The Morgan fingerprint density at radius 1 is 0.968 bits per heavy atom. The number of rotatable bonds is 5. The fraction of sp³-hybridized carbons (Fsp3) is 1.00. The van der Waals surface area contributed by atoms with E-state index in [9.17, 15) is 19.7 Å². The van der Waals surface area contributed by atoms with E-state index in [1.54, 1.807) is 0 Å². The van der Waals surface area contributed by atoms with Gasteiger partial charge in [-0.25, -0.2) is 0 Å². The maximum Gasteiger partial charge on any atom is 0.0920 e. The lowest BCUT2D eigenvalue weighted by Crippen LogP contribution is -2.65. The summed E-state index contributed by atoms with van der Waals surface area (Å²) in [7, 11) is 0. The lowest BCUT2D eigenvalue weighted by molar-refractivity contribution is -0.228. The lowest BCUT2D eigenvalue weighted by atomic mass is 9.41. The summed E-state index contributed by atoms with van der Waals surface area (Å²) in [6.45, 7) is 10.9. The summed E-state index contributed by atoms with van der Waals surface area (Å²) in [6.07, 6.45) is 6.48. The van der Waals surface area contributed by atoms with Crippen LogP contribution in [0.15, 0.2) is 0 Å². The number of aliphatic hydroxyl groups is 3. The third kappa shape index (κ3) is 3.53. The van der Waals surface area contributed by atoms with Crippen molar-refractivity contribution in [1.29, 1.82) is 0 Å². The average Bonchev–Trinajstić information content (AvgIpc) is 3.09. The van der Waals surface area contributed by atoms with Crippen molar-refractivity contribution in [3.8, 4) is 0 Å². The highest BCUT2D eigenvalue weighted by atomic mass is 19.1. The first-order chi connectivity index (χ1) is 14.6. The van der Waals surface area contributed by atoms with Crippen molar-refractivity contribution in [3.63, 3.8) is 0 Å². The maximum atomic E-state index is 13.2. The predicted octanol–water partition coefficient (Wildman–Crippen LogP) is 5.22. The van der Waals surface area contributed by atoms with Gasteiger partial charge in [0.2, 0.25) is 0 Å². The lowest BCUT2D eigenvalue weighted by Gasteiger charge is -2.65. The molecule has 3 nitrogen and oxygen atoms in total. The second-order valence-corrected chi connectivity index (χ2v) is 12.7. The number of alkyl halides is 1. The Balaban J connectivity index is 1.67. The first kappa shape index (κ1) is 24.0. The topological polar surface area (TPSA) is 60.7 Å². The van der Waals surface area contributed by atoms with Crippen LogP contribution in [0.25, 0.3) is 0 Å². The molecule has 4 heteroatoms. The van der Waals surface area contributed by atoms with Crippen LogP contribution >= 0.6 is 0 Å². The quantitative estimate of drug-likeness (QED) is 0.552. The number of hydrogen-bond donors (Lipinski definition) is 3. The molecule has 4 aliphatic rings. The SMILES string of the molecule is CC[C@H]1C(O)C2C3CC[C@H]([C@H](C)C[C@H](C)CF)[C@@]3(C)[C@@H](O)CC2[C@@]2(C)CC[C@@H](O)C[C@@H]12. The summed E-state index contributed by atoms with van der Waals surface area (Å²) in [5, 5.41) is 33.8. The molecule has 4 saturated carbocycles. The van der Waals surface area contributed by atoms with Crippen molar-refractivity contribution in [2.75, 3.05) is 6.67 Å². The van der Waals surface area contributed by atoms with Crippen LogP contribution in [-0.4, -0.2) is 40.3 Å². The van der Waals surface area contributed by atoms with Crippen molar-refractivity contribution in [3.05, 3.63) is 0 Å². The Morgan fingerprint density at radius 3 is 2.32 bits per heavy atom. The van der Waals surface area contributed by atoms with Gasteiger partial charge in [0.15, 0.2) is 0 Å². The van der Waals surface area contributed by atoms with Gasteiger partial charge in [-0.2, -0.15) is 0 Å². The van der Waals surface area contributed by atoms with Gasteiger partial charge >= 0.3 is 0 Å². The second kappa shape index (κ2) is 8.55. The summed E-state index contributed by atoms with van der Waals surface area (Å²) < 4.78 is 13.2. The normalized spacial score (nSPS) is 53.9. The van der Waals surface area contributed by atoms with Crippen molar-refractivity contribution in [2.24, 2.45) is 58.2 Å². The van der Waals surface area contributed by atoms with E-state index in [4.69, 9.17) is 0 Å². The van der Waals surface area contributed by atoms with Crippen LogP contribution in [0.1, 0.15) is 86.0 Å². The Labute approximate surface area is 189 Å². The molecule has 31 heavy (non-hydrogen) atoms. The molecule has 0 aromatic rings. The number of halogens is 1. The van der Waals surface area contributed by atoms with Crippen LogP contribution in [0, 0.1) is 58.2 Å². The van der Waals surface area contributed by atoms with E-state index in [1.807, 2.05) is 6.92 Å². The summed E-state index contributed by atoms with van der Waals surface area (Å²) >= 11 is 0. The van der Waals surface area contributed by atoms with Crippen molar-refractivity contribution in [2.45, 2.75) is 104 Å². The van der Waals surface area contributed by atoms with Gasteiger partial charge in [-0.1, -0.05) is 41.0 Å². The molecule has 4 fully saturated rings. The highest BCUT2D eigenvalue weighted by Gasteiger charge is 2.67. The second-order valence-electron chi connectivity index (χ2n) is 12.7. The zero-order chi connectivity index (χ0) is 22.7. The van der Waals surface area contributed by atoms with E-state index in [2.05, 4.69) is 27.7 Å². The van der Waals surface area contributed by atoms with Crippen LogP contribution in [-0.2, 0) is 0 Å². The van der Waals surface area contributed by atoms with Crippen LogP contribution in [0.2, 0.25) is 0 Å².